The van der Waals surface area contributed by atoms with E-state index in [-0.39, 0.29) is 0 Å². The number of hydrogen-bond acceptors (Lipinski definition) is 2. The fourth-order valence-electron chi connectivity index (χ4n) is 11.7. The number of fused-ring (bicyclic) bond motifs is 9. The highest BCUT2D eigenvalue weighted by atomic mass is 32.1. The van der Waals surface area contributed by atoms with Crippen LogP contribution < -0.4 is 4.90 Å². The molecule has 14 rings (SSSR count). The molecule has 0 spiro atoms. The van der Waals surface area contributed by atoms with Gasteiger partial charge in [0.15, 0.2) is 0 Å². The number of rotatable bonds is 8. The van der Waals surface area contributed by atoms with Gasteiger partial charge in [-0.25, -0.2) is 0 Å². The van der Waals surface area contributed by atoms with Crippen molar-refractivity contribution >= 4 is 70.4 Å². The Morgan fingerprint density at radius 3 is 1.64 bits per heavy atom. The second kappa shape index (κ2) is 16.2. The van der Waals surface area contributed by atoms with Gasteiger partial charge in [0.2, 0.25) is 0 Å². The third-order valence-electron chi connectivity index (χ3n) is 14.7. The number of nitrogens with zero attached hydrogens (tertiary/aromatic N) is 2. The van der Waals surface area contributed by atoms with Gasteiger partial charge in [-0.1, -0.05) is 206 Å². The Hall–Kier alpha value is -8.76. The van der Waals surface area contributed by atoms with Gasteiger partial charge in [-0.15, -0.1) is 11.3 Å². The maximum absolute atomic E-state index is 2.49. The van der Waals surface area contributed by atoms with Crippen molar-refractivity contribution < 1.29 is 0 Å². The molecule has 0 fully saturated rings. The van der Waals surface area contributed by atoms with Crippen LogP contribution in [0.3, 0.4) is 0 Å². The summed E-state index contributed by atoms with van der Waals surface area (Å²) in [7, 11) is 0. The number of para-hydroxylation sites is 3. The number of anilines is 3. The summed E-state index contributed by atoms with van der Waals surface area (Å²) in [4.78, 5) is 2.49. The fraction of sp³-hybridized carbons (Fsp3) is 0.0149. The minimum atomic E-state index is -0.519. The summed E-state index contributed by atoms with van der Waals surface area (Å²) in [6.07, 6.45) is 0. The third kappa shape index (κ3) is 6.12. The molecule has 1 aliphatic carbocycles. The van der Waals surface area contributed by atoms with Crippen LogP contribution in [0.2, 0.25) is 0 Å². The SMILES string of the molecule is c1ccc(C2(c3ccccc3)c3ccccc3-c3ccc(N(c4ccc(-c5cccc(-c6ccccc6-n6c7ccccc7c7ccccc76)c5)cc4)c4cccc5c4sc4ccccc45)cc32)cc1. The standard InChI is InChI=1S/C67H44N2S/c1-3-21-48(22-4-1)67(49-23-5-2-6-24-49)59-31-12-7-26-53(59)54-42-41-51(44-60(54)67)68(64-35-18-30-58-57-29-11-16-36-65(57)70-66(58)64)50-39-37-45(38-40-50)46-19-17-20-47(43-46)52-25-8-13-32-61(52)69-62-33-14-9-27-55(62)56-28-10-15-34-63(56)69/h1-44H. The van der Waals surface area contributed by atoms with Crippen LogP contribution in [0, 0.1) is 0 Å². The average Bonchev–Trinajstić information content (AvgIpc) is 4.09. The number of hydrogen-bond donors (Lipinski definition) is 0. The molecule has 0 amide bonds. The van der Waals surface area contributed by atoms with Crippen molar-refractivity contribution in [3.05, 3.63) is 289 Å². The minimum Gasteiger partial charge on any atom is -0.309 e. The lowest BCUT2D eigenvalue weighted by molar-refractivity contribution is 0.768. The lowest BCUT2D eigenvalue weighted by Gasteiger charge is -2.35. The van der Waals surface area contributed by atoms with Gasteiger partial charge >= 0.3 is 0 Å². The maximum Gasteiger partial charge on any atom is 0.0714 e. The van der Waals surface area contributed by atoms with E-state index in [9.17, 15) is 0 Å². The van der Waals surface area contributed by atoms with Crippen molar-refractivity contribution in [1.82, 2.24) is 4.57 Å². The van der Waals surface area contributed by atoms with E-state index < -0.39 is 5.41 Å². The van der Waals surface area contributed by atoms with Crippen LogP contribution in [-0.4, -0.2) is 4.57 Å². The molecule has 328 valence electrons. The Labute approximate surface area is 411 Å². The molecule has 3 heteroatoms. The molecule has 2 heterocycles. The van der Waals surface area contributed by atoms with Crippen LogP contribution in [0.4, 0.5) is 17.1 Å². The van der Waals surface area contributed by atoms with E-state index in [1.165, 1.54) is 97.7 Å². The predicted molar refractivity (Wildman–Crippen MR) is 297 cm³/mol. The first-order chi connectivity index (χ1) is 34.7. The van der Waals surface area contributed by atoms with Crippen LogP contribution in [0.5, 0.6) is 0 Å². The zero-order valence-electron chi connectivity index (χ0n) is 38.2. The van der Waals surface area contributed by atoms with E-state index in [0.29, 0.717) is 0 Å². The summed E-state index contributed by atoms with van der Waals surface area (Å²) in [6, 6.07) is 98.5. The van der Waals surface area contributed by atoms with Crippen LogP contribution in [0.15, 0.2) is 267 Å². The highest BCUT2D eigenvalue weighted by molar-refractivity contribution is 7.26. The predicted octanol–water partition coefficient (Wildman–Crippen LogP) is 18.3. The fourth-order valence-corrected chi connectivity index (χ4v) is 12.9. The van der Waals surface area contributed by atoms with Gasteiger partial charge in [0.25, 0.3) is 0 Å². The van der Waals surface area contributed by atoms with E-state index >= 15 is 0 Å². The first-order valence-electron chi connectivity index (χ1n) is 24.1. The first kappa shape index (κ1) is 40.3. The van der Waals surface area contributed by atoms with Crippen LogP contribution in [0.25, 0.3) is 81.0 Å². The Morgan fingerprint density at radius 2 is 0.900 bits per heavy atom. The highest BCUT2D eigenvalue weighted by Gasteiger charge is 2.46. The quantitative estimate of drug-likeness (QED) is 0.147. The number of aromatic nitrogens is 1. The summed E-state index contributed by atoms with van der Waals surface area (Å²) in [5.74, 6) is 0. The molecule has 0 N–H and O–H groups in total. The van der Waals surface area contributed by atoms with E-state index in [1.807, 2.05) is 11.3 Å². The van der Waals surface area contributed by atoms with Crippen LogP contribution >= 0.6 is 11.3 Å². The Kier molecular flexibility index (Phi) is 9.33. The van der Waals surface area contributed by atoms with Crippen molar-refractivity contribution in [3.8, 4) is 39.1 Å². The topological polar surface area (TPSA) is 8.17 Å². The smallest absolute Gasteiger partial charge is 0.0714 e. The van der Waals surface area contributed by atoms with Gasteiger partial charge in [-0.3, -0.25) is 0 Å². The van der Waals surface area contributed by atoms with E-state index in [1.54, 1.807) is 0 Å². The number of thiophene rings is 1. The van der Waals surface area contributed by atoms with Gasteiger partial charge < -0.3 is 9.47 Å². The normalized spacial score (nSPS) is 12.7. The summed E-state index contributed by atoms with van der Waals surface area (Å²) >= 11 is 1.87. The second-order valence-electron chi connectivity index (χ2n) is 18.4. The molecule has 0 bridgehead atoms. The van der Waals surface area contributed by atoms with E-state index in [4.69, 9.17) is 0 Å². The van der Waals surface area contributed by atoms with Gasteiger partial charge in [-0.2, -0.15) is 0 Å². The Balaban J connectivity index is 0.928. The molecule has 0 saturated heterocycles. The van der Waals surface area contributed by atoms with Gasteiger partial charge in [0.1, 0.15) is 0 Å². The zero-order chi connectivity index (χ0) is 46.2. The Morgan fingerprint density at radius 1 is 0.343 bits per heavy atom. The monoisotopic (exact) mass is 908 g/mol. The largest absolute Gasteiger partial charge is 0.309 e. The van der Waals surface area contributed by atoms with Crippen LogP contribution in [-0.2, 0) is 5.41 Å². The van der Waals surface area contributed by atoms with Crippen molar-refractivity contribution in [2.45, 2.75) is 5.41 Å². The summed E-state index contributed by atoms with van der Waals surface area (Å²) in [6.45, 7) is 0. The lowest BCUT2D eigenvalue weighted by Crippen LogP contribution is -2.28. The first-order valence-corrected chi connectivity index (χ1v) is 24.9. The van der Waals surface area contributed by atoms with Crippen molar-refractivity contribution in [2.24, 2.45) is 0 Å². The summed E-state index contributed by atoms with van der Waals surface area (Å²) in [5, 5.41) is 5.08. The molecule has 0 aliphatic heterocycles. The van der Waals surface area contributed by atoms with E-state index in [2.05, 4.69) is 276 Å². The molecular formula is C67H44N2S. The van der Waals surface area contributed by atoms with E-state index in [0.717, 1.165) is 22.6 Å². The summed E-state index contributed by atoms with van der Waals surface area (Å²) < 4.78 is 4.98. The maximum atomic E-state index is 2.49. The number of benzene rings is 11. The summed E-state index contributed by atoms with van der Waals surface area (Å²) in [5.41, 5.74) is 18.8. The molecule has 0 radical (unpaired) electrons. The third-order valence-corrected chi connectivity index (χ3v) is 15.9. The second-order valence-corrected chi connectivity index (χ2v) is 19.4. The molecule has 70 heavy (non-hydrogen) atoms. The molecule has 0 atom stereocenters. The lowest BCUT2D eigenvalue weighted by atomic mass is 9.67. The highest BCUT2D eigenvalue weighted by Crippen LogP contribution is 2.57. The van der Waals surface area contributed by atoms with Gasteiger partial charge in [-0.05, 0) is 111 Å². The molecular weight excluding hydrogens is 865 g/mol. The molecule has 0 unspecified atom stereocenters. The zero-order valence-corrected chi connectivity index (χ0v) is 39.0. The van der Waals surface area contributed by atoms with Crippen molar-refractivity contribution in [3.63, 3.8) is 0 Å². The van der Waals surface area contributed by atoms with Gasteiger partial charge in [0, 0.05) is 43.2 Å². The van der Waals surface area contributed by atoms with Crippen molar-refractivity contribution in [1.29, 1.82) is 0 Å². The minimum absolute atomic E-state index is 0.519. The molecule has 2 aromatic heterocycles. The average molecular weight is 909 g/mol. The molecule has 1 aliphatic rings. The molecule has 0 saturated carbocycles. The van der Waals surface area contributed by atoms with Crippen LogP contribution in [0.1, 0.15) is 22.3 Å². The molecule has 13 aromatic rings. The molecule has 2 nitrogen and oxygen atoms in total. The van der Waals surface area contributed by atoms with Gasteiger partial charge in [0.05, 0.1) is 32.5 Å². The van der Waals surface area contributed by atoms with Crippen molar-refractivity contribution in [2.75, 3.05) is 4.90 Å². The molecule has 11 aromatic carbocycles. The Bertz CT molecular complexity index is 4030.